The average molecular weight is 230 g/mol. The van der Waals surface area contributed by atoms with Crippen LogP contribution >= 0.6 is 0 Å². The lowest BCUT2D eigenvalue weighted by Gasteiger charge is -2.10. The molecule has 1 aliphatic carbocycles. The maximum absolute atomic E-state index is 11.2. The molecule has 0 amide bonds. The van der Waals surface area contributed by atoms with Crippen molar-refractivity contribution in [1.29, 1.82) is 0 Å². The van der Waals surface area contributed by atoms with Crippen molar-refractivity contribution in [2.75, 3.05) is 0 Å². The number of hydrogen-bond acceptors (Lipinski definition) is 4. The van der Waals surface area contributed by atoms with Crippen molar-refractivity contribution in [1.82, 2.24) is 20.2 Å². The normalized spacial score (nSPS) is 16.7. The van der Waals surface area contributed by atoms with Crippen LogP contribution in [0.4, 0.5) is 0 Å². The molecule has 0 unspecified atom stereocenters. The zero-order valence-corrected chi connectivity index (χ0v) is 8.95. The first-order valence-electron chi connectivity index (χ1n) is 5.30. The van der Waals surface area contributed by atoms with Gasteiger partial charge in [0.1, 0.15) is 6.33 Å². The Morgan fingerprint density at radius 1 is 1.29 bits per heavy atom. The van der Waals surface area contributed by atoms with Gasteiger partial charge >= 0.3 is 5.97 Å². The molecule has 1 fully saturated rings. The van der Waals surface area contributed by atoms with Crippen LogP contribution < -0.4 is 0 Å². The molecule has 0 aliphatic heterocycles. The van der Waals surface area contributed by atoms with E-state index in [2.05, 4.69) is 15.5 Å². The number of nitrogens with zero attached hydrogens (tertiary/aromatic N) is 4. The van der Waals surface area contributed by atoms with Gasteiger partial charge in [0.15, 0.2) is 0 Å². The number of tetrazole rings is 1. The van der Waals surface area contributed by atoms with Crippen LogP contribution in [0.5, 0.6) is 0 Å². The van der Waals surface area contributed by atoms with E-state index in [9.17, 15) is 9.90 Å². The lowest BCUT2D eigenvalue weighted by atomic mass is 9.96. The number of rotatable bonds is 3. The van der Waals surface area contributed by atoms with Gasteiger partial charge in [-0.1, -0.05) is 12.1 Å². The fourth-order valence-corrected chi connectivity index (χ4v) is 1.96. The second kappa shape index (κ2) is 3.38. The summed E-state index contributed by atoms with van der Waals surface area (Å²) >= 11 is 0. The number of aliphatic carboxylic acids is 1. The van der Waals surface area contributed by atoms with E-state index in [0.29, 0.717) is 12.8 Å². The summed E-state index contributed by atoms with van der Waals surface area (Å²) in [5, 5.41) is 20.0. The number of aromatic nitrogens is 4. The molecule has 1 saturated carbocycles. The van der Waals surface area contributed by atoms with Crippen molar-refractivity contribution in [3.05, 3.63) is 36.2 Å². The standard InChI is InChI=1S/C11H10N4O2/c16-10(17)11(5-6-11)8-1-3-9(4-2-8)15-7-12-13-14-15/h1-4,7H,5-6H2,(H,16,17). The molecule has 86 valence electrons. The molecule has 0 saturated heterocycles. The van der Waals surface area contributed by atoms with Crippen LogP contribution in [0.1, 0.15) is 18.4 Å². The van der Waals surface area contributed by atoms with Crippen LogP contribution in [0.15, 0.2) is 30.6 Å². The molecular weight excluding hydrogens is 220 g/mol. The summed E-state index contributed by atoms with van der Waals surface area (Å²) in [5.41, 5.74) is 1.01. The van der Waals surface area contributed by atoms with E-state index in [-0.39, 0.29) is 0 Å². The second-order valence-electron chi connectivity index (χ2n) is 4.19. The maximum atomic E-state index is 11.2. The fourth-order valence-electron chi connectivity index (χ4n) is 1.96. The minimum Gasteiger partial charge on any atom is -0.481 e. The molecule has 1 aromatic carbocycles. The highest BCUT2D eigenvalue weighted by atomic mass is 16.4. The van der Waals surface area contributed by atoms with Gasteiger partial charge in [0, 0.05) is 0 Å². The maximum Gasteiger partial charge on any atom is 0.314 e. The average Bonchev–Trinajstić information content (AvgIpc) is 2.98. The molecule has 6 nitrogen and oxygen atoms in total. The summed E-state index contributed by atoms with van der Waals surface area (Å²) in [6.45, 7) is 0. The quantitative estimate of drug-likeness (QED) is 0.842. The van der Waals surface area contributed by atoms with Gasteiger partial charge in [0.2, 0.25) is 0 Å². The van der Waals surface area contributed by atoms with Gasteiger partial charge in [-0.3, -0.25) is 4.79 Å². The molecule has 0 atom stereocenters. The highest BCUT2D eigenvalue weighted by Crippen LogP contribution is 2.48. The van der Waals surface area contributed by atoms with E-state index in [1.54, 1.807) is 0 Å². The molecule has 1 heterocycles. The topological polar surface area (TPSA) is 80.9 Å². The number of carboxylic acids is 1. The number of carbonyl (C=O) groups is 1. The molecule has 17 heavy (non-hydrogen) atoms. The Labute approximate surface area is 96.9 Å². The monoisotopic (exact) mass is 230 g/mol. The highest BCUT2D eigenvalue weighted by molar-refractivity contribution is 5.84. The molecule has 0 spiro atoms. The van der Waals surface area contributed by atoms with E-state index >= 15 is 0 Å². The third-order valence-electron chi connectivity index (χ3n) is 3.19. The fraction of sp³-hybridized carbons (Fsp3) is 0.273. The Hall–Kier alpha value is -2.24. The first-order chi connectivity index (χ1) is 8.22. The summed E-state index contributed by atoms with van der Waals surface area (Å²) in [4.78, 5) is 11.2. The first-order valence-corrected chi connectivity index (χ1v) is 5.30. The number of benzene rings is 1. The SMILES string of the molecule is O=C(O)C1(c2ccc(-n3cnnn3)cc2)CC1. The highest BCUT2D eigenvalue weighted by Gasteiger charge is 2.51. The van der Waals surface area contributed by atoms with Gasteiger partial charge in [0.25, 0.3) is 0 Å². The van der Waals surface area contributed by atoms with Gasteiger partial charge < -0.3 is 5.11 Å². The van der Waals surface area contributed by atoms with Crippen LogP contribution in [0.3, 0.4) is 0 Å². The van der Waals surface area contributed by atoms with Gasteiger partial charge in [0.05, 0.1) is 11.1 Å². The molecule has 2 aromatic rings. The van der Waals surface area contributed by atoms with Crippen LogP contribution in [0, 0.1) is 0 Å². The summed E-state index contributed by atoms with van der Waals surface area (Å²) in [7, 11) is 0. The predicted molar refractivity (Wildman–Crippen MR) is 57.7 cm³/mol. The van der Waals surface area contributed by atoms with E-state index in [1.807, 2.05) is 24.3 Å². The Kier molecular flexibility index (Phi) is 1.98. The molecule has 0 radical (unpaired) electrons. The summed E-state index contributed by atoms with van der Waals surface area (Å²) in [5.74, 6) is -0.743. The Balaban J connectivity index is 1.94. The second-order valence-corrected chi connectivity index (χ2v) is 4.19. The van der Waals surface area contributed by atoms with Gasteiger partial charge in [-0.2, -0.15) is 0 Å². The number of hydrogen-bond donors (Lipinski definition) is 1. The smallest absolute Gasteiger partial charge is 0.314 e. The van der Waals surface area contributed by atoms with Crippen LogP contribution in [-0.2, 0) is 10.2 Å². The molecule has 0 bridgehead atoms. The van der Waals surface area contributed by atoms with E-state index in [0.717, 1.165) is 11.3 Å². The summed E-state index contributed by atoms with van der Waals surface area (Å²) < 4.78 is 1.53. The molecular formula is C11H10N4O2. The third kappa shape index (κ3) is 1.49. The molecule has 1 N–H and O–H groups in total. The van der Waals surface area contributed by atoms with Gasteiger partial charge in [-0.25, -0.2) is 4.68 Å². The zero-order chi connectivity index (χ0) is 11.9. The largest absolute Gasteiger partial charge is 0.481 e. The van der Waals surface area contributed by atoms with Crippen molar-refractivity contribution >= 4 is 5.97 Å². The van der Waals surface area contributed by atoms with Crippen molar-refractivity contribution in [2.45, 2.75) is 18.3 Å². The predicted octanol–water partition coefficient (Wildman–Crippen LogP) is 0.778. The molecule has 1 aromatic heterocycles. The van der Waals surface area contributed by atoms with Crippen molar-refractivity contribution in [2.24, 2.45) is 0 Å². The van der Waals surface area contributed by atoms with Crippen molar-refractivity contribution in [3.63, 3.8) is 0 Å². The van der Waals surface area contributed by atoms with Crippen LogP contribution in [-0.4, -0.2) is 31.3 Å². The minimum absolute atomic E-state index is 0.654. The molecule has 1 aliphatic rings. The Morgan fingerprint density at radius 3 is 2.47 bits per heavy atom. The third-order valence-corrected chi connectivity index (χ3v) is 3.19. The zero-order valence-electron chi connectivity index (χ0n) is 8.95. The van der Waals surface area contributed by atoms with Crippen LogP contribution in [0.2, 0.25) is 0 Å². The molecule has 3 rings (SSSR count). The van der Waals surface area contributed by atoms with Crippen molar-refractivity contribution < 1.29 is 9.90 Å². The van der Waals surface area contributed by atoms with E-state index < -0.39 is 11.4 Å². The van der Waals surface area contributed by atoms with Gasteiger partial charge in [-0.15, -0.1) is 5.10 Å². The van der Waals surface area contributed by atoms with Gasteiger partial charge in [-0.05, 0) is 41.0 Å². The lowest BCUT2D eigenvalue weighted by Crippen LogP contribution is -2.19. The molecule has 6 heteroatoms. The lowest BCUT2D eigenvalue weighted by molar-refractivity contribution is -0.140. The van der Waals surface area contributed by atoms with Crippen molar-refractivity contribution in [3.8, 4) is 5.69 Å². The van der Waals surface area contributed by atoms with E-state index in [4.69, 9.17) is 0 Å². The first kappa shape index (κ1) is 9.95. The summed E-state index contributed by atoms with van der Waals surface area (Å²) in [6, 6.07) is 7.32. The Morgan fingerprint density at radius 2 is 2.00 bits per heavy atom. The van der Waals surface area contributed by atoms with Crippen LogP contribution in [0.25, 0.3) is 5.69 Å². The number of carboxylic acid groups (broad SMARTS) is 1. The van der Waals surface area contributed by atoms with E-state index in [1.165, 1.54) is 11.0 Å². The minimum atomic E-state index is -0.743. The summed E-state index contributed by atoms with van der Waals surface area (Å²) in [6.07, 6.45) is 2.93. The Bertz CT molecular complexity index is 543.